The number of aliphatic hydroxyl groups excluding tert-OH is 1. The van der Waals surface area contributed by atoms with Crippen molar-refractivity contribution in [2.24, 2.45) is 0 Å². The fourth-order valence-corrected chi connectivity index (χ4v) is 3.29. The normalized spacial score (nSPS) is 11.8. The molecule has 0 bridgehead atoms. The number of aliphatic hydroxyl groups is 1. The van der Waals surface area contributed by atoms with Gasteiger partial charge in [0.15, 0.2) is 0 Å². The van der Waals surface area contributed by atoms with Crippen LogP contribution in [0.5, 0.6) is 0 Å². The van der Waals surface area contributed by atoms with Gasteiger partial charge in [-0.3, -0.25) is 0 Å². The van der Waals surface area contributed by atoms with Crippen LogP contribution in [0.1, 0.15) is 5.56 Å². The first kappa shape index (κ1) is 16.0. The monoisotopic (exact) mass is 304 g/mol. The number of benzene rings is 1. The molecule has 0 heterocycles. The van der Waals surface area contributed by atoms with E-state index < -0.39 is 10.0 Å². The summed E-state index contributed by atoms with van der Waals surface area (Å²) in [6.07, 6.45) is 1.45. The molecular weight excluding hydrogens is 288 g/mol. The van der Waals surface area contributed by atoms with E-state index in [9.17, 15) is 8.42 Å². The summed E-state index contributed by atoms with van der Waals surface area (Å²) in [5.41, 5.74) is 6.68. The maximum absolute atomic E-state index is 12.4. The van der Waals surface area contributed by atoms with Crippen LogP contribution in [-0.4, -0.2) is 37.5 Å². The van der Waals surface area contributed by atoms with E-state index in [0.29, 0.717) is 16.3 Å². The molecule has 1 aromatic rings. The molecule has 0 saturated carbocycles. The Morgan fingerprint density at radius 2 is 2.16 bits per heavy atom. The van der Waals surface area contributed by atoms with Crippen LogP contribution >= 0.6 is 11.6 Å². The molecule has 1 aromatic carbocycles. The average Bonchev–Trinajstić information content (AvgIpc) is 2.35. The molecule has 0 aliphatic rings. The van der Waals surface area contributed by atoms with E-state index in [0.717, 1.165) is 4.31 Å². The SMILES string of the molecule is C=CCN(CCO)S(=O)(=O)c1cc(N)c(C)c(Cl)c1. The molecule has 19 heavy (non-hydrogen) atoms. The Bertz CT molecular complexity index is 549. The summed E-state index contributed by atoms with van der Waals surface area (Å²) in [5, 5.41) is 9.23. The summed E-state index contributed by atoms with van der Waals surface area (Å²) >= 11 is 5.95. The lowest BCUT2D eigenvalue weighted by Crippen LogP contribution is -2.33. The van der Waals surface area contributed by atoms with Crippen molar-refractivity contribution >= 4 is 27.3 Å². The van der Waals surface area contributed by atoms with Crippen LogP contribution in [-0.2, 0) is 10.0 Å². The Morgan fingerprint density at radius 3 is 2.63 bits per heavy atom. The van der Waals surface area contributed by atoms with E-state index in [-0.39, 0.29) is 24.6 Å². The molecule has 106 valence electrons. The minimum absolute atomic E-state index is 0.0101. The fraction of sp³-hybridized carbons (Fsp3) is 0.333. The molecule has 5 nitrogen and oxygen atoms in total. The van der Waals surface area contributed by atoms with Gasteiger partial charge in [0, 0.05) is 23.8 Å². The predicted molar refractivity (Wildman–Crippen MR) is 76.6 cm³/mol. The quantitative estimate of drug-likeness (QED) is 0.614. The molecule has 1 rings (SSSR count). The minimum Gasteiger partial charge on any atom is -0.398 e. The van der Waals surface area contributed by atoms with E-state index in [1.807, 2.05) is 0 Å². The van der Waals surface area contributed by atoms with E-state index in [1.54, 1.807) is 6.92 Å². The second-order valence-corrected chi connectivity index (χ2v) is 6.34. The van der Waals surface area contributed by atoms with Gasteiger partial charge in [-0.25, -0.2) is 8.42 Å². The summed E-state index contributed by atoms with van der Waals surface area (Å²) < 4.78 is 25.9. The highest BCUT2D eigenvalue weighted by atomic mass is 35.5. The Kier molecular flexibility index (Phi) is 5.37. The fourth-order valence-electron chi connectivity index (χ4n) is 1.54. The third-order valence-electron chi connectivity index (χ3n) is 2.68. The Morgan fingerprint density at radius 1 is 1.53 bits per heavy atom. The smallest absolute Gasteiger partial charge is 0.243 e. The van der Waals surface area contributed by atoms with Crippen molar-refractivity contribution < 1.29 is 13.5 Å². The van der Waals surface area contributed by atoms with E-state index >= 15 is 0 Å². The number of rotatable bonds is 6. The van der Waals surface area contributed by atoms with E-state index in [1.165, 1.54) is 18.2 Å². The number of nitrogens with zero attached hydrogens (tertiary/aromatic N) is 1. The molecular formula is C12H17ClN2O3S. The molecule has 0 amide bonds. The van der Waals surface area contributed by atoms with Gasteiger partial charge in [-0.1, -0.05) is 17.7 Å². The van der Waals surface area contributed by atoms with Gasteiger partial charge in [0.05, 0.1) is 11.5 Å². The van der Waals surface area contributed by atoms with Crippen LogP contribution in [0.2, 0.25) is 5.02 Å². The Balaban J connectivity index is 3.28. The third kappa shape index (κ3) is 3.48. The van der Waals surface area contributed by atoms with Crippen LogP contribution in [0, 0.1) is 6.92 Å². The molecule has 3 N–H and O–H groups in total. The molecule has 0 saturated heterocycles. The molecule has 0 aliphatic heterocycles. The topological polar surface area (TPSA) is 83.6 Å². The van der Waals surface area contributed by atoms with Gasteiger partial charge < -0.3 is 10.8 Å². The highest BCUT2D eigenvalue weighted by molar-refractivity contribution is 7.89. The van der Waals surface area contributed by atoms with Crippen molar-refractivity contribution in [3.05, 3.63) is 35.4 Å². The van der Waals surface area contributed by atoms with Crippen molar-refractivity contribution in [3.8, 4) is 0 Å². The zero-order valence-electron chi connectivity index (χ0n) is 10.6. The first-order chi connectivity index (χ1) is 8.84. The summed E-state index contributed by atoms with van der Waals surface area (Å²) in [6.45, 7) is 5.03. The zero-order chi connectivity index (χ0) is 14.6. The maximum atomic E-state index is 12.4. The highest BCUT2D eigenvalue weighted by Crippen LogP contribution is 2.27. The Hall–Kier alpha value is -1.08. The van der Waals surface area contributed by atoms with Gasteiger partial charge in [-0.05, 0) is 24.6 Å². The number of hydrogen-bond donors (Lipinski definition) is 2. The molecule has 0 aromatic heterocycles. The lowest BCUT2D eigenvalue weighted by molar-refractivity contribution is 0.260. The summed E-state index contributed by atoms with van der Waals surface area (Å²) in [6, 6.07) is 2.72. The van der Waals surface area contributed by atoms with Crippen molar-refractivity contribution in [2.45, 2.75) is 11.8 Å². The van der Waals surface area contributed by atoms with Crippen molar-refractivity contribution in [2.75, 3.05) is 25.4 Å². The third-order valence-corrected chi connectivity index (χ3v) is 4.91. The average molecular weight is 305 g/mol. The van der Waals surface area contributed by atoms with E-state index in [2.05, 4.69) is 6.58 Å². The molecule has 0 aliphatic carbocycles. The van der Waals surface area contributed by atoms with Crippen LogP contribution in [0.3, 0.4) is 0 Å². The highest BCUT2D eigenvalue weighted by Gasteiger charge is 2.24. The van der Waals surface area contributed by atoms with Crippen LogP contribution in [0.4, 0.5) is 5.69 Å². The number of halogens is 1. The minimum atomic E-state index is -3.75. The summed E-state index contributed by atoms with van der Waals surface area (Å²) in [7, 11) is -3.75. The van der Waals surface area contributed by atoms with Crippen molar-refractivity contribution in [1.82, 2.24) is 4.31 Å². The van der Waals surface area contributed by atoms with Gasteiger partial charge in [0.1, 0.15) is 0 Å². The number of sulfonamides is 1. The van der Waals surface area contributed by atoms with Gasteiger partial charge in [-0.2, -0.15) is 4.31 Å². The van der Waals surface area contributed by atoms with Crippen LogP contribution in [0.15, 0.2) is 29.7 Å². The molecule has 7 heteroatoms. The standard InChI is InChI=1S/C12H17ClN2O3S/c1-3-4-15(5-6-16)19(17,18)10-7-11(13)9(2)12(14)8-10/h3,7-8,16H,1,4-6,14H2,2H3. The second-order valence-electron chi connectivity index (χ2n) is 3.99. The number of nitrogen functional groups attached to an aromatic ring is 1. The van der Waals surface area contributed by atoms with Crippen molar-refractivity contribution in [1.29, 1.82) is 0 Å². The lowest BCUT2D eigenvalue weighted by Gasteiger charge is -2.20. The van der Waals surface area contributed by atoms with Crippen LogP contribution in [0.25, 0.3) is 0 Å². The number of nitrogens with two attached hydrogens (primary N) is 1. The molecule has 0 spiro atoms. The molecule has 0 atom stereocenters. The molecule has 0 unspecified atom stereocenters. The maximum Gasteiger partial charge on any atom is 0.243 e. The molecule has 0 radical (unpaired) electrons. The Labute approximate surface area is 118 Å². The van der Waals surface area contributed by atoms with E-state index in [4.69, 9.17) is 22.4 Å². The van der Waals surface area contributed by atoms with Gasteiger partial charge in [0.25, 0.3) is 0 Å². The largest absolute Gasteiger partial charge is 0.398 e. The summed E-state index contributed by atoms with van der Waals surface area (Å²) in [4.78, 5) is 0.0101. The molecule has 0 fully saturated rings. The van der Waals surface area contributed by atoms with Crippen LogP contribution < -0.4 is 5.73 Å². The van der Waals surface area contributed by atoms with Crippen molar-refractivity contribution in [3.63, 3.8) is 0 Å². The zero-order valence-corrected chi connectivity index (χ0v) is 12.2. The van der Waals surface area contributed by atoms with Gasteiger partial charge in [-0.15, -0.1) is 6.58 Å². The van der Waals surface area contributed by atoms with Gasteiger partial charge >= 0.3 is 0 Å². The number of hydrogen-bond acceptors (Lipinski definition) is 4. The van der Waals surface area contributed by atoms with Gasteiger partial charge in [0.2, 0.25) is 10.0 Å². The number of anilines is 1. The second kappa shape index (κ2) is 6.38. The first-order valence-corrected chi connectivity index (χ1v) is 7.44. The summed E-state index contributed by atoms with van der Waals surface area (Å²) in [5.74, 6) is 0. The predicted octanol–water partition coefficient (Wildman–Crippen LogP) is 1.40. The first-order valence-electron chi connectivity index (χ1n) is 5.62. The lowest BCUT2D eigenvalue weighted by atomic mass is 10.2.